The van der Waals surface area contributed by atoms with Crippen LogP contribution in [0, 0.1) is 0 Å². The van der Waals surface area contributed by atoms with Crippen molar-refractivity contribution in [2.75, 3.05) is 5.32 Å². The van der Waals surface area contributed by atoms with Crippen molar-refractivity contribution in [2.45, 2.75) is 25.5 Å². The van der Waals surface area contributed by atoms with Crippen molar-refractivity contribution >= 4 is 34.1 Å². The van der Waals surface area contributed by atoms with Crippen molar-refractivity contribution in [3.05, 3.63) is 60.4 Å². The maximum atomic E-state index is 12.9. The zero-order chi connectivity index (χ0) is 22.2. The van der Waals surface area contributed by atoms with E-state index in [1.807, 2.05) is 24.6 Å². The molecule has 2 heterocycles. The number of alkyl halides is 3. The lowest BCUT2D eigenvalue weighted by Gasteiger charge is -2.13. The van der Waals surface area contributed by atoms with Crippen LogP contribution >= 0.6 is 11.6 Å². The number of rotatable bonds is 6. The van der Waals surface area contributed by atoms with Gasteiger partial charge in [-0.2, -0.15) is 10.2 Å². The lowest BCUT2D eigenvalue weighted by molar-refractivity contribution is -0.0964. The van der Waals surface area contributed by atoms with Gasteiger partial charge >= 0.3 is 5.57 Å². The molecule has 0 aliphatic heterocycles. The fraction of sp³-hybridized carbons (Fsp3) is 0.190. The molecule has 0 spiro atoms. The van der Waals surface area contributed by atoms with Gasteiger partial charge in [0.2, 0.25) is 0 Å². The zero-order valence-electron chi connectivity index (χ0n) is 16.6. The number of amides is 1. The summed E-state index contributed by atoms with van der Waals surface area (Å²) in [6.45, 7) is 4.05. The zero-order valence-corrected chi connectivity index (χ0v) is 17.3. The van der Waals surface area contributed by atoms with Gasteiger partial charge in [0.05, 0.1) is 17.4 Å². The number of aromatic amines is 1. The van der Waals surface area contributed by atoms with E-state index >= 15 is 0 Å². The Morgan fingerprint density at radius 3 is 2.58 bits per heavy atom. The lowest BCUT2D eigenvalue weighted by atomic mass is 10.0. The molecule has 31 heavy (non-hydrogen) atoms. The molecule has 2 N–H and O–H groups in total. The van der Waals surface area contributed by atoms with Gasteiger partial charge in [0.15, 0.2) is 0 Å². The van der Waals surface area contributed by atoms with Crippen LogP contribution in [0.1, 0.15) is 30.2 Å². The summed E-state index contributed by atoms with van der Waals surface area (Å²) >= 11 is 4.76. The number of fused-ring (bicyclic) bond motifs is 1. The third kappa shape index (κ3) is 4.51. The topological polar surface area (TPSA) is 84.8 Å². The second-order valence-electron chi connectivity index (χ2n) is 7.14. The monoisotopic (exact) mass is 445 g/mol. The van der Waals surface area contributed by atoms with E-state index in [4.69, 9.17) is 11.6 Å². The molecule has 2 aromatic carbocycles. The number of carbonyl (C=O) groups excluding carboxylic acids is 1. The summed E-state index contributed by atoms with van der Waals surface area (Å²) in [5.74, 6) is -0.488. The Balaban J connectivity index is 1.66. The third-order valence-corrected chi connectivity index (χ3v) is 4.65. The SMILES string of the molecule is CC(C)n1ncc2cc(C(=O)Nc3ccc(OC(F)(F)Cl)cc3)cc(-c3ccn[nH]3)c21. The summed E-state index contributed by atoms with van der Waals surface area (Å²) in [5, 5.41) is 14.9. The minimum absolute atomic E-state index is 0.123. The number of nitrogens with one attached hydrogen (secondary N) is 2. The maximum Gasteiger partial charge on any atom is 0.487 e. The minimum atomic E-state index is -3.80. The molecule has 0 saturated carbocycles. The van der Waals surface area contributed by atoms with Crippen molar-refractivity contribution in [3.63, 3.8) is 0 Å². The first kappa shape index (κ1) is 20.8. The largest absolute Gasteiger partial charge is 0.487 e. The number of hydrogen-bond donors (Lipinski definition) is 2. The van der Waals surface area contributed by atoms with Crippen LogP contribution in [-0.2, 0) is 0 Å². The number of H-pyrrole nitrogens is 1. The standard InChI is InChI=1S/C21H18ClF2N5O2/c1-12(2)29-19-14(11-26-29)9-13(10-17(19)18-7-8-25-28-18)20(30)27-15-3-5-16(6-4-15)31-21(22,23)24/h3-12H,1-2H3,(H,25,28)(H,27,30). The Bertz CT molecular complexity index is 1220. The number of halogens is 3. The lowest BCUT2D eigenvalue weighted by Crippen LogP contribution is -2.16. The number of aromatic nitrogens is 4. The van der Waals surface area contributed by atoms with E-state index in [1.54, 1.807) is 24.5 Å². The number of anilines is 1. The second-order valence-corrected chi connectivity index (χ2v) is 7.58. The highest BCUT2D eigenvalue weighted by molar-refractivity contribution is 6.20. The quantitative estimate of drug-likeness (QED) is 0.388. The van der Waals surface area contributed by atoms with Crippen molar-refractivity contribution < 1.29 is 18.3 Å². The Morgan fingerprint density at radius 1 is 1.23 bits per heavy atom. The van der Waals surface area contributed by atoms with E-state index in [2.05, 4.69) is 25.3 Å². The van der Waals surface area contributed by atoms with Gasteiger partial charge in [0, 0.05) is 46.0 Å². The summed E-state index contributed by atoms with van der Waals surface area (Å²) in [5.41, 5.74) is -0.544. The summed E-state index contributed by atoms with van der Waals surface area (Å²) in [7, 11) is 0. The molecule has 0 bridgehead atoms. The molecule has 0 unspecified atom stereocenters. The normalized spacial score (nSPS) is 11.8. The average Bonchev–Trinajstić information content (AvgIpc) is 3.37. The minimum Gasteiger partial charge on any atom is -0.420 e. The van der Waals surface area contributed by atoms with E-state index < -0.39 is 5.57 Å². The van der Waals surface area contributed by atoms with Crippen LogP contribution in [0.25, 0.3) is 22.2 Å². The van der Waals surface area contributed by atoms with E-state index in [1.165, 1.54) is 24.3 Å². The van der Waals surface area contributed by atoms with E-state index in [-0.39, 0.29) is 17.7 Å². The van der Waals surface area contributed by atoms with Crippen molar-refractivity contribution in [3.8, 4) is 17.0 Å². The van der Waals surface area contributed by atoms with Gasteiger partial charge in [-0.05, 0) is 56.3 Å². The molecule has 0 radical (unpaired) electrons. The van der Waals surface area contributed by atoms with Crippen LogP contribution in [0.2, 0.25) is 0 Å². The van der Waals surface area contributed by atoms with E-state index in [9.17, 15) is 13.6 Å². The molecule has 10 heteroatoms. The molecule has 0 aliphatic rings. The first-order valence-electron chi connectivity index (χ1n) is 9.39. The molecule has 4 aromatic rings. The molecule has 2 aromatic heterocycles. The predicted molar refractivity (Wildman–Crippen MR) is 114 cm³/mol. The van der Waals surface area contributed by atoms with Crippen molar-refractivity contribution in [1.82, 2.24) is 20.0 Å². The molecule has 160 valence electrons. The fourth-order valence-corrected chi connectivity index (χ4v) is 3.36. The van der Waals surface area contributed by atoms with E-state index in [0.29, 0.717) is 11.3 Å². The van der Waals surface area contributed by atoms with Crippen LogP contribution in [0.15, 0.2) is 54.9 Å². The van der Waals surface area contributed by atoms with Gasteiger partial charge < -0.3 is 10.1 Å². The van der Waals surface area contributed by atoms with Gasteiger partial charge in [0.25, 0.3) is 5.91 Å². The Labute approximate surface area is 181 Å². The second kappa shape index (κ2) is 7.99. The number of carbonyl (C=O) groups is 1. The van der Waals surface area contributed by atoms with Crippen molar-refractivity contribution in [2.24, 2.45) is 0 Å². The number of benzene rings is 2. The Hall–Kier alpha value is -3.46. The third-order valence-electron chi connectivity index (χ3n) is 4.58. The highest BCUT2D eigenvalue weighted by atomic mass is 35.5. The smallest absolute Gasteiger partial charge is 0.420 e. The summed E-state index contributed by atoms with van der Waals surface area (Å²) in [6.07, 6.45) is 3.35. The molecular weight excluding hydrogens is 428 g/mol. The fourth-order valence-electron chi connectivity index (χ4n) is 3.27. The van der Waals surface area contributed by atoms with Crippen LogP contribution in [0.5, 0.6) is 5.75 Å². The highest BCUT2D eigenvalue weighted by Crippen LogP contribution is 2.31. The van der Waals surface area contributed by atoms with Gasteiger partial charge in [-0.25, -0.2) is 0 Å². The van der Waals surface area contributed by atoms with Crippen LogP contribution < -0.4 is 10.1 Å². The van der Waals surface area contributed by atoms with E-state index in [0.717, 1.165) is 22.2 Å². The molecule has 0 saturated heterocycles. The summed E-state index contributed by atoms with van der Waals surface area (Å²) in [4.78, 5) is 12.9. The molecule has 0 fully saturated rings. The predicted octanol–water partition coefficient (Wildman–Crippen LogP) is 5.43. The first-order chi connectivity index (χ1) is 14.7. The van der Waals surface area contributed by atoms with Gasteiger partial charge in [-0.15, -0.1) is 8.78 Å². The molecular formula is C21H18ClF2N5O2. The van der Waals surface area contributed by atoms with Crippen LogP contribution in [0.3, 0.4) is 0 Å². The first-order valence-corrected chi connectivity index (χ1v) is 9.77. The Morgan fingerprint density at radius 2 is 1.97 bits per heavy atom. The Kier molecular flexibility index (Phi) is 5.36. The summed E-state index contributed by atoms with van der Waals surface area (Å²) < 4.78 is 31.6. The molecule has 7 nitrogen and oxygen atoms in total. The van der Waals surface area contributed by atoms with Crippen LogP contribution in [0.4, 0.5) is 14.5 Å². The molecule has 4 rings (SSSR count). The van der Waals surface area contributed by atoms with Gasteiger partial charge in [-0.3, -0.25) is 14.6 Å². The van der Waals surface area contributed by atoms with Gasteiger partial charge in [0.1, 0.15) is 5.75 Å². The number of hydrogen-bond acceptors (Lipinski definition) is 4. The molecule has 0 atom stereocenters. The molecule has 1 amide bonds. The maximum absolute atomic E-state index is 12.9. The number of ether oxygens (including phenoxy) is 1. The molecule has 0 aliphatic carbocycles. The summed E-state index contributed by atoms with van der Waals surface area (Å²) in [6, 6.07) is 10.9. The number of nitrogens with zero attached hydrogens (tertiary/aromatic N) is 3. The van der Waals surface area contributed by atoms with Gasteiger partial charge in [-0.1, -0.05) is 0 Å². The van der Waals surface area contributed by atoms with Crippen LogP contribution in [-0.4, -0.2) is 31.5 Å². The van der Waals surface area contributed by atoms with Crippen molar-refractivity contribution in [1.29, 1.82) is 0 Å². The average molecular weight is 446 g/mol. The highest BCUT2D eigenvalue weighted by Gasteiger charge is 2.27.